The predicted octanol–water partition coefficient (Wildman–Crippen LogP) is 2.46. The Morgan fingerprint density at radius 1 is 1.39 bits per heavy atom. The largest absolute Gasteiger partial charge is 0.507 e. The van der Waals surface area contributed by atoms with Crippen LogP contribution in [0.1, 0.15) is 16.3 Å². The summed E-state index contributed by atoms with van der Waals surface area (Å²) in [4.78, 5) is 4.37. The van der Waals surface area contributed by atoms with Crippen LogP contribution in [0.25, 0.3) is 0 Å². The van der Waals surface area contributed by atoms with Crippen LogP contribution in [0, 0.1) is 6.92 Å². The van der Waals surface area contributed by atoms with E-state index in [0.29, 0.717) is 18.8 Å². The fourth-order valence-electron chi connectivity index (χ4n) is 1.63. The normalized spacial score (nSPS) is 10.6. The molecule has 0 unspecified atom stereocenters. The number of aryl methyl sites for hydroxylation is 1. The van der Waals surface area contributed by atoms with Gasteiger partial charge in [0.25, 0.3) is 0 Å². The fourth-order valence-corrected chi connectivity index (χ4v) is 2.25. The van der Waals surface area contributed by atoms with Gasteiger partial charge in [-0.15, -0.1) is 11.3 Å². The highest BCUT2D eigenvalue weighted by atomic mass is 32.1. The second-order valence-corrected chi connectivity index (χ2v) is 5.02. The highest BCUT2D eigenvalue weighted by Gasteiger charge is 2.03. The zero-order valence-electron chi connectivity index (χ0n) is 10.4. The van der Waals surface area contributed by atoms with E-state index in [-0.39, 0.29) is 5.75 Å². The molecule has 5 heteroatoms. The quantitative estimate of drug-likeness (QED) is 0.871. The van der Waals surface area contributed by atoms with Crippen LogP contribution >= 0.6 is 11.3 Å². The van der Waals surface area contributed by atoms with E-state index < -0.39 is 0 Å². The number of benzene rings is 1. The highest BCUT2D eigenvalue weighted by molar-refractivity contribution is 7.09. The molecule has 4 nitrogen and oxygen atoms in total. The zero-order valence-corrected chi connectivity index (χ0v) is 11.3. The van der Waals surface area contributed by atoms with Gasteiger partial charge in [-0.2, -0.15) is 0 Å². The number of aromatic hydroxyl groups is 1. The van der Waals surface area contributed by atoms with Crippen molar-refractivity contribution in [2.45, 2.75) is 20.0 Å². The molecular formula is C13H16N2O2S. The molecule has 0 saturated heterocycles. The van der Waals surface area contributed by atoms with Gasteiger partial charge in [-0.3, -0.25) is 0 Å². The minimum absolute atomic E-state index is 0.247. The number of hydrogen-bond acceptors (Lipinski definition) is 5. The van der Waals surface area contributed by atoms with Gasteiger partial charge in [0.15, 0.2) is 0 Å². The standard InChI is InChI=1S/C13H16N2O2S/c1-9-15-11(8-18-9)7-14-6-10-3-4-12(17-2)5-13(10)16/h3-5,8,14,16H,6-7H2,1-2H3. The Kier molecular flexibility index (Phi) is 4.17. The molecule has 0 aliphatic carbocycles. The number of hydrogen-bond donors (Lipinski definition) is 2. The summed E-state index contributed by atoms with van der Waals surface area (Å²) in [6, 6.07) is 5.31. The first-order valence-corrected chi connectivity index (χ1v) is 6.54. The molecular weight excluding hydrogens is 248 g/mol. The molecule has 0 saturated carbocycles. The van der Waals surface area contributed by atoms with Crippen LogP contribution in [0.5, 0.6) is 11.5 Å². The molecule has 96 valence electrons. The van der Waals surface area contributed by atoms with E-state index in [1.807, 2.05) is 24.4 Å². The molecule has 0 aliphatic rings. The van der Waals surface area contributed by atoms with Crippen LogP contribution in [-0.2, 0) is 13.1 Å². The summed E-state index contributed by atoms with van der Waals surface area (Å²) in [6.45, 7) is 3.30. The van der Waals surface area contributed by atoms with Crippen LogP contribution in [0.15, 0.2) is 23.6 Å². The average molecular weight is 264 g/mol. The molecule has 0 aliphatic heterocycles. The Hall–Kier alpha value is -1.59. The highest BCUT2D eigenvalue weighted by Crippen LogP contribution is 2.23. The number of nitrogens with zero attached hydrogens (tertiary/aromatic N) is 1. The molecule has 0 radical (unpaired) electrons. The first-order valence-electron chi connectivity index (χ1n) is 5.66. The maximum atomic E-state index is 9.79. The second-order valence-electron chi connectivity index (χ2n) is 3.96. The van der Waals surface area contributed by atoms with Gasteiger partial charge in [-0.25, -0.2) is 4.98 Å². The van der Waals surface area contributed by atoms with Gasteiger partial charge < -0.3 is 15.2 Å². The average Bonchev–Trinajstić information content (AvgIpc) is 2.77. The lowest BCUT2D eigenvalue weighted by Gasteiger charge is -2.07. The van der Waals surface area contributed by atoms with Crippen molar-refractivity contribution >= 4 is 11.3 Å². The Labute approximate surface area is 110 Å². The van der Waals surface area contributed by atoms with Crippen molar-refractivity contribution in [3.05, 3.63) is 39.8 Å². The van der Waals surface area contributed by atoms with E-state index in [9.17, 15) is 5.11 Å². The van der Waals surface area contributed by atoms with Crippen molar-refractivity contribution in [1.29, 1.82) is 0 Å². The summed E-state index contributed by atoms with van der Waals surface area (Å²) in [6.07, 6.45) is 0. The minimum atomic E-state index is 0.247. The molecule has 1 aromatic heterocycles. The van der Waals surface area contributed by atoms with E-state index in [1.54, 1.807) is 24.5 Å². The monoisotopic (exact) mass is 264 g/mol. The molecule has 1 aromatic carbocycles. The number of aromatic nitrogens is 1. The predicted molar refractivity (Wildman–Crippen MR) is 72.1 cm³/mol. The van der Waals surface area contributed by atoms with E-state index in [0.717, 1.165) is 16.3 Å². The SMILES string of the molecule is COc1ccc(CNCc2csc(C)n2)c(O)c1. The smallest absolute Gasteiger partial charge is 0.123 e. The van der Waals surface area contributed by atoms with Crippen molar-refractivity contribution in [3.8, 4) is 11.5 Å². The third kappa shape index (κ3) is 3.21. The molecule has 1 heterocycles. The third-order valence-electron chi connectivity index (χ3n) is 2.58. The van der Waals surface area contributed by atoms with E-state index in [2.05, 4.69) is 10.3 Å². The van der Waals surface area contributed by atoms with Crippen LogP contribution in [0.3, 0.4) is 0 Å². The van der Waals surface area contributed by atoms with Crippen LogP contribution < -0.4 is 10.1 Å². The van der Waals surface area contributed by atoms with Gasteiger partial charge in [-0.1, -0.05) is 6.07 Å². The Morgan fingerprint density at radius 2 is 2.22 bits per heavy atom. The summed E-state index contributed by atoms with van der Waals surface area (Å²) in [5, 5.41) is 16.1. The molecule has 18 heavy (non-hydrogen) atoms. The molecule has 0 fully saturated rings. The molecule has 2 N–H and O–H groups in total. The number of phenols is 1. The van der Waals surface area contributed by atoms with Crippen molar-refractivity contribution in [2.24, 2.45) is 0 Å². The number of phenolic OH excluding ortho intramolecular Hbond substituents is 1. The summed E-state index contributed by atoms with van der Waals surface area (Å²) in [7, 11) is 1.58. The first kappa shape index (κ1) is 12.9. The molecule has 2 rings (SSSR count). The summed E-state index contributed by atoms with van der Waals surface area (Å²) in [5.74, 6) is 0.905. The van der Waals surface area contributed by atoms with Gasteiger partial charge in [-0.05, 0) is 13.0 Å². The van der Waals surface area contributed by atoms with Crippen molar-refractivity contribution in [3.63, 3.8) is 0 Å². The number of rotatable bonds is 5. The number of methoxy groups -OCH3 is 1. The topological polar surface area (TPSA) is 54.4 Å². The van der Waals surface area contributed by atoms with Crippen molar-refractivity contribution in [1.82, 2.24) is 10.3 Å². The maximum Gasteiger partial charge on any atom is 0.123 e. The molecule has 0 amide bonds. The molecule has 0 atom stereocenters. The second kappa shape index (κ2) is 5.84. The number of nitrogens with one attached hydrogen (secondary N) is 1. The Morgan fingerprint density at radius 3 is 2.83 bits per heavy atom. The summed E-state index contributed by atoms with van der Waals surface area (Å²) in [5.41, 5.74) is 1.88. The van der Waals surface area contributed by atoms with Crippen LogP contribution in [-0.4, -0.2) is 17.2 Å². The van der Waals surface area contributed by atoms with Crippen molar-refractivity contribution in [2.75, 3.05) is 7.11 Å². The lowest BCUT2D eigenvalue weighted by atomic mass is 10.2. The fraction of sp³-hybridized carbons (Fsp3) is 0.308. The van der Waals surface area contributed by atoms with Crippen LogP contribution in [0.2, 0.25) is 0 Å². The Bertz CT molecular complexity index is 525. The summed E-state index contributed by atoms with van der Waals surface area (Å²) >= 11 is 1.64. The van der Waals surface area contributed by atoms with Crippen LogP contribution in [0.4, 0.5) is 0 Å². The number of ether oxygens (including phenoxy) is 1. The molecule has 0 bridgehead atoms. The third-order valence-corrected chi connectivity index (χ3v) is 3.40. The first-order chi connectivity index (χ1) is 8.69. The van der Waals surface area contributed by atoms with E-state index in [4.69, 9.17) is 4.74 Å². The zero-order chi connectivity index (χ0) is 13.0. The van der Waals surface area contributed by atoms with Gasteiger partial charge in [0.05, 0.1) is 17.8 Å². The lowest BCUT2D eigenvalue weighted by molar-refractivity contribution is 0.406. The van der Waals surface area contributed by atoms with Crippen molar-refractivity contribution < 1.29 is 9.84 Å². The molecule has 0 spiro atoms. The minimum Gasteiger partial charge on any atom is -0.507 e. The van der Waals surface area contributed by atoms with Gasteiger partial charge in [0.2, 0.25) is 0 Å². The van der Waals surface area contributed by atoms with E-state index in [1.165, 1.54) is 0 Å². The van der Waals surface area contributed by atoms with Gasteiger partial charge >= 0.3 is 0 Å². The van der Waals surface area contributed by atoms with Gasteiger partial charge in [0.1, 0.15) is 11.5 Å². The molecule has 2 aromatic rings. The summed E-state index contributed by atoms with van der Waals surface area (Å²) < 4.78 is 5.04. The van der Waals surface area contributed by atoms with Gasteiger partial charge in [0, 0.05) is 30.1 Å². The lowest BCUT2D eigenvalue weighted by Crippen LogP contribution is -2.13. The maximum absolute atomic E-state index is 9.79. The van der Waals surface area contributed by atoms with E-state index >= 15 is 0 Å². The number of thiazole rings is 1. The Balaban J connectivity index is 1.90.